The normalized spacial score (nSPS) is 20.1. The molecule has 2 unspecified atom stereocenters. The molecule has 1 N–H and O–H groups in total. The third-order valence-corrected chi connectivity index (χ3v) is 6.31. The number of amides is 1. The number of benzene rings is 2. The Morgan fingerprint density at radius 1 is 0.971 bits per heavy atom. The van der Waals surface area contributed by atoms with Crippen molar-refractivity contribution < 1.29 is 23.8 Å². The molecule has 2 aromatic rings. The summed E-state index contributed by atoms with van der Waals surface area (Å²) >= 11 is 0. The molecule has 0 aromatic heterocycles. The van der Waals surface area contributed by atoms with E-state index in [1.165, 1.54) is 0 Å². The third-order valence-electron chi connectivity index (χ3n) is 6.31. The Morgan fingerprint density at radius 2 is 1.71 bits per heavy atom. The molecule has 0 bridgehead atoms. The van der Waals surface area contributed by atoms with E-state index < -0.39 is 0 Å². The van der Waals surface area contributed by atoms with E-state index in [4.69, 9.17) is 14.2 Å². The molecule has 0 saturated carbocycles. The fourth-order valence-electron chi connectivity index (χ4n) is 4.79. The molecule has 34 heavy (non-hydrogen) atoms. The zero-order valence-electron chi connectivity index (χ0n) is 20.4. The summed E-state index contributed by atoms with van der Waals surface area (Å²) in [5, 5.41) is 2.99. The lowest BCUT2D eigenvalue weighted by Crippen LogP contribution is -2.38. The van der Waals surface area contributed by atoms with Crippen LogP contribution < -0.4 is 19.5 Å². The predicted molar refractivity (Wildman–Crippen MR) is 130 cm³/mol. The van der Waals surface area contributed by atoms with Gasteiger partial charge in [0.05, 0.1) is 19.8 Å². The number of ketones is 1. The second kappa shape index (κ2) is 10.3. The van der Waals surface area contributed by atoms with E-state index in [0.29, 0.717) is 30.9 Å². The van der Waals surface area contributed by atoms with Crippen molar-refractivity contribution >= 4 is 11.7 Å². The van der Waals surface area contributed by atoms with Gasteiger partial charge >= 0.3 is 0 Å². The Balaban J connectivity index is 1.61. The van der Waals surface area contributed by atoms with Crippen LogP contribution in [0.3, 0.4) is 0 Å². The molecule has 2 atom stereocenters. The predicted octanol–water partition coefficient (Wildman–Crippen LogP) is 5.28. The Morgan fingerprint density at radius 3 is 2.38 bits per heavy atom. The van der Waals surface area contributed by atoms with E-state index in [1.807, 2.05) is 56.3 Å². The van der Waals surface area contributed by atoms with Gasteiger partial charge in [-0.05, 0) is 68.0 Å². The minimum absolute atomic E-state index is 0.0126. The molecule has 2 aliphatic rings. The maximum atomic E-state index is 13.4. The van der Waals surface area contributed by atoms with Gasteiger partial charge in [0.2, 0.25) is 5.91 Å². The van der Waals surface area contributed by atoms with Crippen molar-refractivity contribution in [3.8, 4) is 17.2 Å². The lowest BCUT2D eigenvalue weighted by molar-refractivity contribution is -0.122. The van der Waals surface area contributed by atoms with Gasteiger partial charge in [-0.1, -0.05) is 25.1 Å². The lowest BCUT2D eigenvalue weighted by Gasteiger charge is -2.34. The van der Waals surface area contributed by atoms with Gasteiger partial charge < -0.3 is 19.5 Å². The average molecular weight is 464 g/mol. The Kier molecular flexibility index (Phi) is 7.25. The van der Waals surface area contributed by atoms with Gasteiger partial charge in [0.15, 0.2) is 17.3 Å². The summed E-state index contributed by atoms with van der Waals surface area (Å²) in [6.07, 6.45) is 2.26. The number of allylic oxidation sites excluding steroid dienone is 2. The van der Waals surface area contributed by atoms with Crippen molar-refractivity contribution in [3.63, 3.8) is 0 Å². The third kappa shape index (κ3) is 5.11. The summed E-state index contributed by atoms with van der Waals surface area (Å²) in [6, 6.07) is 13.6. The smallest absolute Gasteiger partial charge is 0.225 e. The van der Waals surface area contributed by atoms with E-state index in [1.54, 1.807) is 7.11 Å². The van der Waals surface area contributed by atoms with E-state index in [-0.39, 0.29) is 36.1 Å². The number of methoxy groups -OCH3 is 1. The molecule has 0 spiro atoms. The molecular weight excluding hydrogens is 430 g/mol. The topological polar surface area (TPSA) is 73.9 Å². The highest BCUT2D eigenvalue weighted by Crippen LogP contribution is 2.44. The molecule has 1 amide bonds. The van der Waals surface area contributed by atoms with Crippen molar-refractivity contribution in [1.29, 1.82) is 0 Å². The monoisotopic (exact) mass is 463 g/mol. The lowest BCUT2D eigenvalue weighted by atomic mass is 9.73. The molecule has 1 heterocycles. The summed E-state index contributed by atoms with van der Waals surface area (Å²) in [6.45, 7) is 6.67. The fourth-order valence-corrected chi connectivity index (χ4v) is 4.79. The second-order valence-electron chi connectivity index (χ2n) is 9.22. The quantitative estimate of drug-likeness (QED) is 0.577. The highest BCUT2D eigenvalue weighted by Gasteiger charge is 2.38. The number of ether oxygens (including phenoxy) is 3. The van der Waals surface area contributed by atoms with E-state index in [2.05, 4.69) is 12.2 Å². The minimum Gasteiger partial charge on any atom is -0.494 e. The number of carbonyl (C=O) groups is 2. The van der Waals surface area contributed by atoms with Crippen LogP contribution in [0, 0.1) is 0 Å². The number of hydrogen-bond acceptors (Lipinski definition) is 5. The molecular formula is C28H33NO5. The molecule has 6 heteroatoms. The Labute approximate surface area is 201 Å². The largest absolute Gasteiger partial charge is 0.494 e. The zero-order chi connectivity index (χ0) is 24.2. The number of hydrogen-bond donors (Lipinski definition) is 1. The maximum Gasteiger partial charge on any atom is 0.225 e. The summed E-state index contributed by atoms with van der Waals surface area (Å²) in [5.74, 6) is 1.84. The van der Waals surface area contributed by atoms with Gasteiger partial charge in [-0.3, -0.25) is 9.59 Å². The fraction of sp³-hybridized carbons (Fsp3) is 0.429. The molecule has 0 radical (unpaired) electrons. The van der Waals surface area contributed by atoms with Crippen LogP contribution in [0.5, 0.6) is 17.2 Å². The highest BCUT2D eigenvalue weighted by molar-refractivity contribution is 6.02. The van der Waals surface area contributed by atoms with E-state index >= 15 is 0 Å². The first-order chi connectivity index (χ1) is 16.4. The SMILES string of the molecule is CCCOc1ccc(C2CC(=O)C3=C(C2)NC(=O)CC3c2ccc(OC(C)C)c(OC)c2)cc1. The van der Waals surface area contributed by atoms with Crippen LogP contribution in [-0.4, -0.2) is 31.5 Å². The average Bonchev–Trinajstić information content (AvgIpc) is 2.82. The molecule has 0 saturated heterocycles. The van der Waals surface area contributed by atoms with Crippen LogP contribution in [0.1, 0.15) is 69.4 Å². The van der Waals surface area contributed by atoms with Gasteiger partial charge in [-0.15, -0.1) is 0 Å². The Bertz CT molecular complexity index is 1090. The van der Waals surface area contributed by atoms with Crippen molar-refractivity contribution in [2.45, 2.75) is 64.4 Å². The number of rotatable bonds is 8. The van der Waals surface area contributed by atoms with Gasteiger partial charge in [0, 0.05) is 30.0 Å². The first-order valence-corrected chi connectivity index (χ1v) is 12.0. The molecule has 1 aliphatic carbocycles. The summed E-state index contributed by atoms with van der Waals surface area (Å²) in [7, 11) is 1.60. The van der Waals surface area contributed by atoms with Gasteiger partial charge in [-0.25, -0.2) is 0 Å². The summed E-state index contributed by atoms with van der Waals surface area (Å²) in [4.78, 5) is 26.0. The molecule has 4 rings (SSSR count). The number of Topliss-reactive ketones (excluding diaryl/α,β-unsaturated/α-hetero) is 1. The van der Waals surface area contributed by atoms with Crippen LogP contribution in [0.25, 0.3) is 0 Å². The standard InChI is InChI=1S/C28H33NO5/c1-5-12-33-21-9-6-18(7-10-21)20-13-23-28(24(30)14-20)22(16-27(31)29-23)19-8-11-25(34-17(2)3)26(15-19)32-4/h6-11,15,17,20,22H,5,12-14,16H2,1-4H3,(H,29,31). The highest BCUT2D eigenvalue weighted by atomic mass is 16.5. The maximum absolute atomic E-state index is 13.4. The molecule has 0 fully saturated rings. The first kappa shape index (κ1) is 23.9. The van der Waals surface area contributed by atoms with Gasteiger partial charge in [0.1, 0.15) is 5.75 Å². The van der Waals surface area contributed by atoms with E-state index in [0.717, 1.165) is 34.6 Å². The van der Waals surface area contributed by atoms with Crippen LogP contribution >= 0.6 is 0 Å². The molecule has 2 aromatic carbocycles. The summed E-state index contributed by atoms with van der Waals surface area (Å²) in [5.41, 5.74) is 3.44. The zero-order valence-corrected chi connectivity index (χ0v) is 20.4. The van der Waals surface area contributed by atoms with Crippen LogP contribution in [0.4, 0.5) is 0 Å². The van der Waals surface area contributed by atoms with Gasteiger partial charge in [0.25, 0.3) is 0 Å². The van der Waals surface area contributed by atoms with Crippen molar-refractivity contribution in [1.82, 2.24) is 5.32 Å². The van der Waals surface area contributed by atoms with Crippen molar-refractivity contribution in [2.24, 2.45) is 0 Å². The Hall–Kier alpha value is -3.28. The van der Waals surface area contributed by atoms with Crippen LogP contribution in [-0.2, 0) is 9.59 Å². The van der Waals surface area contributed by atoms with Gasteiger partial charge in [-0.2, -0.15) is 0 Å². The number of carbonyl (C=O) groups excluding carboxylic acids is 2. The van der Waals surface area contributed by atoms with Crippen LogP contribution in [0.15, 0.2) is 53.7 Å². The summed E-state index contributed by atoms with van der Waals surface area (Å²) < 4.78 is 17.0. The molecule has 1 aliphatic heterocycles. The van der Waals surface area contributed by atoms with Crippen LogP contribution in [0.2, 0.25) is 0 Å². The van der Waals surface area contributed by atoms with Crippen molar-refractivity contribution in [2.75, 3.05) is 13.7 Å². The minimum atomic E-state index is -0.288. The molecule has 6 nitrogen and oxygen atoms in total. The molecule has 180 valence electrons. The first-order valence-electron chi connectivity index (χ1n) is 12.0. The number of nitrogens with one attached hydrogen (secondary N) is 1. The van der Waals surface area contributed by atoms with Crippen molar-refractivity contribution in [3.05, 3.63) is 64.9 Å². The van der Waals surface area contributed by atoms with E-state index in [9.17, 15) is 9.59 Å². The second-order valence-corrected chi connectivity index (χ2v) is 9.22.